The highest BCUT2D eigenvalue weighted by Crippen LogP contribution is 2.22. The molecule has 7 heteroatoms. The van der Waals surface area contributed by atoms with Crippen molar-refractivity contribution in [2.75, 3.05) is 13.2 Å². The summed E-state index contributed by atoms with van der Waals surface area (Å²) in [4.78, 5) is 18.7. The van der Waals surface area contributed by atoms with Gasteiger partial charge < -0.3 is 18.8 Å². The summed E-state index contributed by atoms with van der Waals surface area (Å²) in [5.41, 5.74) is 2.69. The van der Waals surface area contributed by atoms with Crippen LogP contribution >= 0.6 is 0 Å². The lowest BCUT2D eigenvalue weighted by Gasteiger charge is -2.20. The molecule has 6 nitrogen and oxygen atoms in total. The molecular weight excluding hydrogens is 447 g/mol. The van der Waals surface area contributed by atoms with E-state index in [2.05, 4.69) is 4.98 Å². The Morgan fingerprint density at radius 3 is 2.54 bits per heavy atom. The van der Waals surface area contributed by atoms with Crippen molar-refractivity contribution < 1.29 is 23.1 Å². The normalized spacial score (nSPS) is 10.7. The van der Waals surface area contributed by atoms with E-state index in [4.69, 9.17) is 13.9 Å². The summed E-state index contributed by atoms with van der Waals surface area (Å²) in [6.07, 6.45) is 0.0631. The first-order chi connectivity index (χ1) is 17.0. The Labute approximate surface area is 203 Å². The zero-order chi connectivity index (χ0) is 24.6. The molecule has 0 aliphatic carbocycles. The van der Waals surface area contributed by atoms with Crippen molar-refractivity contribution in [1.82, 2.24) is 9.88 Å². The number of oxazole rings is 1. The lowest BCUT2D eigenvalue weighted by atomic mass is 10.2. The number of aromatic nitrogens is 1. The summed E-state index contributed by atoms with van der Waals surface area (Å²) < 4.78 is 30.4. The SMILES string of the molecule is CCN(Cc1cccc(OCCc2nc(-c3ccccc3)oc2C)c1)C(=O)Oc1cccc(F)c1. The summed E-state index contributed by atoms with van der Waals surface area (Å²) >= 11 is 0. The predicted octanol–water partition coefficient (Wildman–Crippen LogP) is 6.43. The van der Waals surface area contributed by atoms with Gasteiger partial charge in [0.1, 0.15) is 23.1 Å². The Morgan fingerprint density at radius 1 is 1.00 bits per heavy atom. The molecule has 0 aliphatic rings. The highest BCUT2D eigenvalue weighted by Gasteiger charge is 2.16. The fraction of sp³-hybridized carbons (Fsp3) is 0.214. The van der Waals surface area contributed by atoms with Crippen LogP contribution in [0.3, 0.4) is 0 Å². The van der Waals surface area contributed by atoms with Crippen molar-refractivity contribution in [2.24, 2.45) is 0 Å². The first-order valence-electron chi connectivity index (χ1n) is 11.5. The molecule has 1 heterocycles. The van der Waals surface area contributed by atoms with E-state index in [9.17, 15) is 9.18 Å². The molecule has 3 aromatic carbocycles. The molecule has 0 atom stereocenters. The van der Waals surface area contributed by atoms with Crippen LogP contribution in [0.15, 0.2) is 83.3 Å². The molecule has 4 rings (SSSR count). The number of hydrogen-bond donors (Lipinski definition) is 0. The second-order valence-electron chi connectivity index (χ2n) is 7.97. The van der Waals surface area contributed by atoms with E-state index in [1.807, 2.05) is 68.4 Å². The number of carbonyl (C=O) groups is 1. The van der Waals surface area contributed by atoms with E-state index >= 15 is 0 Å². The second kappa shape index (κ2) is 11.3. The lowest BCUT2D eigenvalue weighted by molar-refractivity contribution is 0.152. The van der Waals surface area contributed by atoms with Crippen LogP contribution in [0, 0.1) is 12.7 Å². The highest BCUT2D eigenvalue weighted by molar-refractivity contribution is 5.70. The fourth-order valence-corrected chi connectivity index (χ4v) is 3.59. The standard InChI is InChI=1S/C28H27FN2O4/c1-3-31(28(32)35-25-14-8-12-23(29)18-25)19-21-9-7-13-24(17-21)33-16-15-26-20(2)34-27(30-26)22-10-5-4-6-11-22/h4-14,17-18H,3,15-16,19H2,1-2H3. The highest BCUT2D eigenvalue weighted by atomic mass is 19.1. The van der Waals surface area contributed by atoms with Gasteiger partial charge in [-0.1, -0.05) is 36.4 Å². The van der Waals surface area contributed by atoms with Crippen LogP contribution in [0.4, 0.5) is 9.18 Å². The van der Waals surface area contributed by atoms with E-state index in [0.717, 1.165) is 22.6 Å². The van der Waals surface area contributed by atoms with Crippen LogP contribution in [0.25, 0.3) is 11.5 Å². The van der Waals surface area contributed by atoms with E-state index in [-0.39, 0.29) is 5.75 Å². The van der Waals surface area contributed by atoms with Gasteiger partial charge in [-0.25, -0.2) is 14.2 Å². The van der Waals surface area contributed by atoms with E-state index in [0.29, 0.717) is 37.8 Å². The first-order valence-corrected chi connectivity index (χ1v) is 11.5. The molecular formula is C28H27FN2O4. The third-order valence-corrected chi connectivity index (χ3v) is 5.43. The van der Waals surface area contributed by atoms with Crippen molar-refractivity contribution >= 4 is 6.09 Å². The number of ether oxygens (including phenoxy) is 2. The Balaban J connectivity index is 1.33. The van der Waals surface area contributed by atoms with Gasteiger partial charge in [-0.15, -0.1) is 0 Å². The molecule has 0 radical (unpaired) electrons. The summed E-state index contributed by atoms with van der Waals surface area (Å²) in [6, 6.07) is 22.9. The molecule has 4 aromatic rings. The topological polar surface area (TPSA) is 64.8 Å². The molecule has 0 N–H and O–H groups in total. The van der Waals surface area contributed by atoms with Crippen LogP contribution < -0.4 is 9.47 Å². The van der Waals surface area contributed by atoms with Crippen molar-refractivity contribution in [3.8, 4) is 23.0 Å². The summed E-state index contributed by atoms with van der Waals surface area (Å²) in [7, 11) is 0. The number of halogens is 1. The smallest absolute Gasteiger partial charge is 0.415 e. The molecule has 0 saturated carbocycles. The second-order valence-corrected chi connectivity index (χ2v) is 7.97. The molecule has 0 unspecified atom stereocenters. The summed E-state index contributed by atoms with van der Waals surface area (Å²) in [6.45, 7) is 4.97. The van der Waals surface area contributed by atoms with E-state index < -0.39 is 11.9 Å². The van der Waals surface area contributed by atoms with Gasteiger partial charge >= 0.3 is 6.09 Å². The van der Waals surface area contributed by atoms with Gasteiger partial charge in [-0.05, 0) is 55.8 Å². The minimum absolute atomic E-state index is 0.170. The van der Waals surface area contributed by atoms with Gasteiger partial charge in [0.15, 0.2) is 0 Å². The number of benzene rings is 3. The molecule has 180 valence electrons. The minimum atomic E-state index is -0.542. The molecule has 0 fully saturated rings. The number of nitrogens with zero attached hydrogens (tertiary/aromatic N) is 2. The summed E-state index contributed by atoms with van der Waals surface area (Å²) in [5, 5.41) is 0. The largest absolute Gasteiger partial charge is 0.493 e. The molecule has 0 bridgehead atoms. The Hall–Kier alpha value is -4.13. The monoisotopic (exact) mass is 474 g/mol. The molecule has 0 spiro atoms. The average Bonchev–Trinajstić information content (AvgIpc) is 3.23. The number of hydrogen-bond acceptors (Lipinski definition) is 5. The van der Waals surface area contributed by atoms with Crippen LogP contribution in [-0.2, 0) is 13.0 Å². The van der Waals surface area contributed by atoms with Crippen LogP contribution in [-0.4, -0.2) is 29.1 Å². The Bertz CT molecular complexity index is 1270. The van der Waals surface area contributed by atoms with Gasteiger partial charge in [-0.2, -0.15) is 0 Å². The maximum absolute atomic E-state index is 13.4. The van der Waals surface area contributed by atoms with Gasteiger partial charge in [0.2, 0.25) is 5.89 Å². The maximum atomic E-state index is 13.4. The Kier molecular flexibility index (Phi) is 7.77. The molecule has 0 aliphatic heterocycles. The number of carbonyl (C=O) groups excluding carboxylic acids is 1. The molecule has 1 aromatic heterocycles. The maximum Gasteiger partial charge on any atom is 0.415 e. The minimum Gasteiger partial charge on any atom is -0.493 e. The number of aryl methyl sites for hydroxylation is 1. The number of amides is 1. The predicted molar refractivity (Wildman–Crippen MR) is 131 cm³/mol. The lowest BCUT2D eigenvalue weighted by Crippen LogP contribution is -2.32. The Morgan fingerprint density at radius 2 is 1.77 bits per heavy atom. The van der Waals surface area contributed by atoms with E-state index in [1.165, 1.54) is 23.1 Å². The molecule has 1 amide bonds. The van der Waals surface area contributed by atoms with Gasteiger partial charge in [0.25, 0.3) is 0 Å². The zero-order valence-electron chi connectivity index (χ0n) is 19.7. The fourth-order valence-electron chi connectivity index (χ4n) is 3.59. The van der Waals surface area contributed by atoms with E-state index in [1.54, 1.807) is 6.07 Å². The van der Waals surface area contributed by atoms with Crippen LogP contribution in [0.1, 0.15) is 23.9 Å². The summed E-state index contributed by atoms with van der Waals surface area (Å²) in [5.74, 6) is 1.78. The molecule has 0 saturated heterocycles. The van der Waals surface area contributed by atoms with Crippen molar-refractivity contribution in [3.05, 3.63) is 102 Å². The third kappa shape index (κ3) is 6.47. The third-order valence-electron chi connectivity index (χ3n) is 5.43. The van der Waals surface area contributed by atoms with Gasteiger partial charge in [-0.3, -0.25) is 0 Å². The zero-order valence-corrected chi connectivity index (χ0v) is 19.7. The van der Waals surface area contributed by atoms with Crippen LogP contribution in [0.5, 0.6) is 11.5 Å². The first kappa shape index (κ1) is 24.0. The molecule has 35 heavy (non-hydrogen) atoms. The van der Waals surface area contributed by atoms with Gasteiger partial charge in [0.05, 0.1) is 12.3 Å². The van der Waals surface area contributed by atoms with Crippen molar-refractivity contribution in [3.63, 3.8) is 0 Å². The average molecular weight is 475 g/mol. The number of rotatable bonds is 9. The quantitative estimate of drug-likeness (QED) is 0.280. The van der Waals surface area contributed by atoms with Gasteiger partial charge in [0, 0.05) is 31.1 Å². The van der Waals surface area contributed by atoms with Crippen molar-refractivity contribution in [2.45, 2.75) is 26.8 Å². The van der Waals surface area contributed by atoms with Crippen molar-refractivity contribution in [1.29, 1.82) is 0 Å². The van der Waals surface area contributed by atoms with Crippen LogP contribution in [0.2, 0.25) is 0 Å².